The summed E-state index contributed by atoms with van der Waals surface area (Å²) in [5.41, 5.74) is 0. The topological polar surface area (TPSA) is 62.1 Å². The van der Waals surface area contributed by atoms with E-state index in [9.17, 15) is 4.79 Å². The maximum Gasteiger partial charge on any atom is 0.249 e. The van der Waals surface area contributed by atoms with Crippen molar-refractivity contribution in [3.05, 3.63) is 0 Å². The zero-order valence-electron chi connectivity index (χ0n) is 8.50. The fraction of sp³-hybridized carbons (Fsp3) is 0.778. The van der Waals surface area contributed by atoms with Crippen LogP contribution >= 0.6 is 0 Å². The van der Waals surface area contributed by atoms with Gasteiger partial charge in [-0.25, -0.2) is 0 Å². The summed E-state index contributed by atoms with van der Waals surface area (Å²) in [7, 11) is 1.46. The van der Waals surface area contributed by atoms with Crippen LogP contribution in [0.15, 0.2) is 0 Å². The van der Waals surface area contributed by atoms with Gasteiger partial charge in [-0.1, -0.05) is 13.8 Å². The first-order valence-corrected chi connectivity index (χ1v) is 4.25. The van der Waals surface area contributed by atoms with Gasteiger partial charge in [-0.2, -0.15) is 5.26 Å². The molecule has 0 aromatic heterocycles. The number of hydrogen-bond donors (Lipinski definition) is 1. The molecule has 2 atom stereocenters. The smallest absolute Gasteiger partial charge is 0.249 e. The molecular formula is C9H16N2O2. The van der Waals surface area contributed by atoms with Crippen molar-refractivity contribution in [1.29, 1.82) is 5.26 Å². The summed E-state index contributed by atoms with van der Waals surface area (Å²) < 4.78 is 4.82. The van der Waals surface area contributed by atoms with Gasteiger partial charge in [0.05, 0.1) is 6.07 Å². The Labute approximate surface area is 78.9 Å². The Bertz CT molecular complexity index is 208. The molecule has 0 rings (SSSR count). The highest BCUT2D eigenvalue weighted by molar-refractivity contribution is 5.80. The van der Waals surface area contributed by atoms with E-state index in [0.717, 1.165) is 0 Å². The summed E-state index contributed by atoms with van der Waals surface area (Å²) in [4.78, 5) is 11.3. The van der Waals surface area contributed by atoms with Crippen LogP contribution in [-0.2, 0) is 9.53 Å². The molecule has 0 aliphatic rings. The Balaban J connectivity index is 4.11. The number of carbonyl (C=O) groups excluding carboxylic acids is 1. The Morgan fingerprint density at radius 2 is 2.00 bits per heavy atom. The lowest BCUT2D eigenvalue weighted by Crippen LogP contribution is -2.42. The summed E-state index contributed by atoms with van der Waals surface area (Å²) in [6.07, 6.45) is -0.505. The molecule has 74 valence electrons. The molecule has 1 N–H and O–H groups in total. The minimum absolute atomic E-state index is 0.109. The van der Waals surface area contributed by atoms with Crippen LogP contribution in [0.3, 0.4) is 0 Å². The molecule has 0 bridgehead atoms. The number of rotatable bonds is 4. The molecule has 0 saturated carbocycles. The number of nitrogens with one attached hydrogen (secondary N) is 1. The molecule has 0 aliphatic heterocycles. The Kier molecular flexibility index (Phi) is 5.09. The first-order valence-electron chi connectivity index (χ1n) is 4.25. The third-order valence-corrected chi connectivity index (χ3v) is 1.83. The lowest BCUT2D eigenvalue weighted by molar-refractivity contribution is -0.130. The quantitative estimate of drug-likeness (QED) is 0.699. The molecule has 4 heteroatoms. The molecule has 0 aromatic carbocycles. The molecule has 2 unspecified atom stereocenters. The number of ether oxygens (including phenoxy) is 1. The number of nitriles is 1. The average Bonchev–Trinajstić information content (AvgIpc) is 2.11. The van der Waals surface area contributed by atoms with Gasteiger partial charge in [0.15, 0.2) is 0 Å². The number of hydrogen-bond acceptors (Lipinski definition) is 3. The molecular weight excluding hydrogens is 168 g/mol. The van der Waals surface area contributed by atoms with E-state index in [1.165, 1.54) is 7.11 Å². The highest BCUT2D eigenvalue weighted by Gasteiger charge is 2.18. The Hall–Kier alpha value is -1.08. The van der Waals surface area contributed by atoms with E-state index in [1.54, 1.807) is 6.92 Å². The van der Waals surface area contributed by atoms with Crippen molar-refractivity contribution in [3.63, 3.8) is 0 Å². The maximum absolute atomic E-state index is 11.3. The fourth-order valence-electron chi connectivity index (χ4n) is 0.726. The monoisotopic (exact) mass is 184 g/mol. The van der Waals surface area contributed by atoms with Gasteiger partial charge in [0, 0.05) is 7.11 Å². The molecule has 0 aliphatic carbocycles. The Morgan fingerprint density at radius 1 is 1.46 bits per heavy atom. The lowest BCUT2D eigenvalue weighted by atomic mass is 10.1. The minimum Gasteiger partial charge on any atom is -0.372 e. The van der Waals surface area contributed by atoms with Crippen LogP contribution in [0.2, 0.25) is 0 Å². The molecule has 1 amide bonds. The van der Waals surface area contributed by atoms with Crippen molar-refractivity contribution in [2.75, 3.05) is 7.11 Å². The van der Waals surface area contributed by atoms with Crippen LogP contribution in [0.25, 0.3) is 0 Å². The van der Waals surface area contributed by atoms with Crippen LogP contribution < -0.4 is 5.32 Å². The number of nitrogens with zero attached hydrogens (tertiary/aromatic N) is 1. The minimum atomic E-state index is -0.505. The highest BCUT2D eigenvalue weighted by Crippen LogP contribution is 2.00. The van der Waals surface area contributed by atoms with E-state index in [4.69, 9.17) is 10.00 Å². The third kappa shape index (κ3) is 3.90. The predicted molar refractivity (Wildman–Crippen MR) is 48.9 cm³/mol. The van der Waals surface area contributed by atoms with Gasteiger partial charge in [0.2, 0.25) is 5.91 Å². The number of amides is 1. The predicted octanol–water partition coefficient (Wildman–Crippen LogP) is 0.686. The lowest BCUT2D eigenvalue weighted by Gasteiger charge is -2.17. The van der Waals surface area contributed by atoms with E-state index in [-0.39, 0.29) is 11.8 Å². The second kappa shape index (κ2) is 5.55. The second-order valence-corrected chi connectivity index (χ2v) is 3.24. The van der Waals surface area contributed by atoms with E-state index in [2.05, 4.69) is 5.32 Å². The first-order chi connectivity index (χ1) is 6.02. The fourth-order valence-corrected chi connectivity index (χ4v) is 0.726. The van der Waals surface area contributed by atoms with Gasteiger partial charge in [0.1, 0.15) is 12.1 Å². The zero-order valence-corrected chi connectivity index (χ0v) is 8.50. The molecule has 4 nitrogen and oxygen atoms in total. The SMILES string of the molecule is COC(C)C(=O)NC(C#N)C(C)C. The Morgan fingerprint density at radius 3 is 2.31 bits per heavy atom. The summed E-state index contributed by atoms with van der Waals surface area (Å²) in [6.45, 7) is 5.40. The standard InChI is InChI=1S/C9H16N2O2/c1-6(2)8(5-10)11-9(12)7(3)13-4/h6-8H,1-4H3,(H,11,12). The summed E-state index contributed by atoms with van der Waals surface area (Å²) in [5.74, 6) is -0.138. The van der Waals surface area contributed by atoms with E-state index >= 15 is 0 Å². The first kappa shape index (κ1) is 11.9. The molecule has 13 heavy (non-hydrogen) atoms. The third-order valence-electron chi connectivity index (χ3n) is 1.83. The number of carbonyl (C=O) groups is 1. The normalized spacial score (nSPS) is 14.8. The van der Waals surface area contributed by atoms with Crippen LogP contribution in [-0.4, -0.2) is 25.2 Å². The van der Waals surface area contributed by atoms with Gasteiger partial charge in [-0.15, -0.1) is 0 Å². The van der Waals surface area contributed by atoms with Crippen LogP contribution in [0.4, 0.5) is 0 Å². The summed E-state index contributed by atoms with van der Waals surface area (Å²) in [5, 5.41) is 11.3. The van der Waals surface area contributed by atoms with Gasteiger partial charge >= 0.3 is 0 Å². The van der Waals surface area contributed by atoms with Crippen LogP contribution in [0, 0.1) is 17.2 Å². The molecule has 0 aromatic rings. The van der Waals surface area contributed by atoms with Crippen LogP contribution in [0.5, 0.6) is 0 Å². The van der Waals surface area contributed by atoms with E-state index < -0.39 is 12.1 Å². The molecule has 0 saturated heterocycles. The van der Waals surface area contributed by atoms with Gasteiger partial charge in [-0.05, 0) is 12.8 Å². The highest BCUT2D eigenvalue weighted by atomic mass is 16.5. The molecule has 0 spiro atoms. The van der Waals surface area contributed by atoms with Crippen molar-refractivity contribution in [2.45, 2.75) is 32.9 Å². The maximum atomic E-state index is 11.3. The van der Waals surface area contributed by atoms with Crippen molar-refractivity contribution >= 4 is 5.91 Å². The van der Waals surface area contributed by atoms with Gasteiger partial charge in [0.25, 0.3) is 0 Å². The zero-order chi connectivity index (χ0) is 10.4. The van der Waals surface area contributed by atoms with Crippen LogP contribution in [0.1, 0.15) is 20.8 Å². The summed E-state index contributed by atoms with van der Waals surface area (Å²) >= 11 is 0. The van der Waals surface area contributed by atoms with E-state index in [1.807, 2.05) is 19.9 Å². The van der Waals surface area contributed by atoms with Crippen molar-refractivity contribution in [1.82, 2.24) is 5.32 Å². The van der Waals surface area contributed by atoms with Crippen molar-refractivity contribution in [3.8, 4) is 6.07 Å². The van der Waals surface area contributed by atoms with E-state index in [0.29, 0.717) is 0 Å². The number of methoxy groups -OCH3 is 1. The van der Waals surface area contributed by atoms with Gasteiger partial charge < -0.3 is 10.1 Å². The molecule has 0 fully saturated rings. The molecule has 0 heterocycles. The van der Waals surface area contributed by atoms with Gasteiger partial charge in [-0.3, -0.25) is 4.79 Å². The average molecular weight is 184 g/mol. The largest absolute Gasteiger partial charge is 0.372 e. The van der Waals surface area contributed by atoms with Crippen molar-refractivity contribution < 1.29 is 9.53 Å². The molecule has 0 radical (unpaired) electrons. The summed E-state index contributed by atoms with van der Waals surface area (Å²) in [6, 6.07) is 1.58. The second-order valence-electron chi connectivity index (χ2n) is 3.24. The van der Waals surface area contributed by atoms with Crippen molar-refractivity contribution in [2.24, 2.45) is 5.92 Å².